The Morgan fingerprint density at radius 2 is 2.33 bits per heavy atom. The highest BCUT2D eigenvalue weighted by atomic mass is 16.5. The third kappa shape index (κ3) is 5.62. The number of rotatable bonds is 5. The minimum absolute atomic E-state index is 0.146. The number of carbonyl (C=O) groups excluding carboxylic acids is 2. The van der Waals surface area contributed by atoms with Crippen molar-refractivity contribution in [3.8, 4) is 0 Å². The Morgan fingerprint density at radius 3 is 2.83 bits per heavy atom. The summed E-state index contributed by atoms with van der Waals surface area (Å²) in [4.78, 5) is 24.0. The number of hydrogen-bond donors (Lipinski definition) is 0. The fourth-order valence-corrected chi connectivity index (χ4v) is 0.714. The number of carbonyl (C=O) groups is 1. The van der Waals surface area contributed by atoms with Gasteiger partial charge in [0.2, 0.25) is 6.08 Å². The molecule has 0 rings (SSSR count). The molecule has 68 valence electrons. The highest BCUT2D eigenvalue weighted by Gasteiger charge is 2.05. The van der Waals surface area contributed by atoms with Gasteiger partial charge in [0.25, 0.3) is 0 Å². The third-order valence-electron chi connectivity index (χ3n) is 1.34. The highest BCUT2D eigenvalue weighted by molar-refractivity contribution is 5.69. The van der Waals surface area contributed by atoms with Crippen molar-refractivity contribution in [2.24, 2.45) is 4.99 Å². The van der Waals surface area contributed by atoms with E-state index in [0.717, 1.165) is 0 Å². The molecular formula is C8H13NO3. The molecule has 4 heteroatoms. The van der Waals surface area contributed by atoms with Crippen LogP contribution in [0, 0.1) is 0 Å². The van der Waals surface area contributed by atoms with Crippen molar-refractivity contribution in [1.82, 2.24) is 0 Å². The van der Waals surface area contributed by atoms with Gasteiger partial charge in [0.05, 0.1) is 12.6 Å². The summed E-state index contributed by atoms with van der Waals surface area (Å²) in [6.45, 7) is 3.90. The molecule has 0 radical (unpaired) electrons. The molecule has 0 aliphatic carbocycles. The Kier molecular flexibility index (Phi) is 5.93. The van der Waals surface area contributed by atoms with Gasteiger partial charge in [-0.25, -0.2) is 9.79 Å². The van der Waals surface area contributed by atoms with Crippen molar-refractivity contribution in [2.45, 2.75) is 32.7 Å². The Morgan fingerprint density at radius 1 is 1.67 bits per heavy atom. The van der Waals surface area contributed by atoms with Gasteiger partial charge in [-0.05, 0) is 20.3 Å². The molecule has 0 aromatic carbocycles. The minimum Gasteiger partial charge on any atom is -0.466 e. The lowest BCUT2D eigenvalue weighted by Crippen LogP contribution is -2.07. The molecule has 0 bridgehead atoms. The molecular weight excluding hydrogens is 158 g/mol. The van der Waals surface area contributed by atoms with E-state index in [1.54, 1.807) is 13.8 Å². The van der Waals surface area contributed by atoms with Crippen LogP contribution in [0.1, 0.15) is 26.7 Å². The van der Waals surface area contributed by atoms with Crippen molar-refractivity contribution >= 4 is 12.0 Å². The number of aliphatic imine (C=N–C) groups is 1. The second-order valence-corrected chi connectivity index (χ2v) is 2.41. The maximum absolute atomic E-state index is 10.8. The van der Waals surface area contributed by atoms with Gasteiger partial charge in [-0.1, -0.05) is 0 Å². The Balaban J connectivity index is 3.53. The summed E-state index contributed by atoms with van der Waals surface area (Å²) in [6.07, 6.45) is 2.29. The monoisotopic (exact) mass is 171 g/mol. The molecule has 0 aromatic heterocycles. The normalized spacial score (nSPS) is 11.5. The summed E-state index contributed by atoms with van der Waals surface area (Å²) in [7, 11) is 0. The van der Waals surface area contributed by atoms with E-state index in [-0.39, 0.29) is 12.0 Å². The first-order valence-corrected chi connectivity index (χ1v) is 3.93. The fraction of sp³-hybridized carbons (Fsp3) is 0.750. The van der Waals surface area contributed by atoms with E-state index < -0.39 is 0 Å². The van der Waals surface area contributed by atoms with Gasteiger partial charge in [-0.3, -0.25) is 4.79 Å². The first-order chi connectivity index (χ1) is 5.70. The van der Waals surface area contributed by atoms with Gasteiger partial charge >= 0.3 is 5.97 Å². The van der Waals surface area contributed by atoms with Crippen LogP contribution in [0.3, 0.4) is 0 Å². The number of ether oxygens (including phenoxy) is 1. The van der Waals surface area contributed by atoms with Gasteiger partial charge in [-0.2, -0.15) is 0 Å². The zero-order valence-electron chi connectivity index (χ0n) is 7.37. The minimum atomic E-state index is -0.245. The van der Waals surface area contributed by atoms with Crippen LogP contribution < -0.4 is 0 Å². The quantitative estimate of drug-likeness (QED) is 0.353. The molecule has 0 spiro atoms. The lowest BCUT2D eigenvalue weighted by molar-refractivity contribution is -0.143. The predicted octanol–water partition coefficient (Wildman–Crippen LogP) is 1.05. The second-order valence-electron chi connectivity index (χ2n) is 2.41. The number of hydrogen-bond acceptors (Lipinski definition) is 4. The van der Waals surface area contributed by atoms with Gasteiger partial charge < -0.3 is 4.74 Å². The van der Waals surface area contributed by atoms with Crippen LogP contribution in [0.25, 0.3) is 0 Å². The zero-order valence-corrected chi connectivity index (χ0v) is 7.37. The maximum Gasteiger partial charge on any atom is 0.305 e. The van der Waals surface area contributed by atoms with Crippen molar-refractivity contribution in [2.75, 3.05) is 6.61 Å². The molecule has 1 unspecified atom stereocenters. The molecule has 0 saturated heterocycles. The van der Waals surface area contributed by atoms with E-state index >= 15 is 0 Å². The first kappa shape index (κ1) is 10.8. The molecule has 0 amide bonds. The van der Waals surface area contributed by atoms with Crippen LogP contribution >= 0.6 is 0 Å². The van der Waals surface area contributed by atoms with Gasteiger partial charge in [0, 0.05) is 6.42 Å². The second kappa shape index (κ2) is 6.55. The van der Waals surface area contributed by atoms with Gasteiger partial charge in [-0.15, -0.1) is 0 Å². The third-order valence-corrected chi connectivity index (χ3v) is 1.34. The number of isocyanates is 1. The first-order valence-electron chi connectivity index (χ1n) is 3.93. The topological polar surface area (TPSA) is 55.7 Å². The SMILES string of the molecule is CCOC(=O)CCC(C)N=C=O. The highest BCUT2D eigenvalue weighted by Crippen LogP contribution is 2.01. The summed E-state index contributed by atoms with van der Waals surface area (Å²) in [5.41, 5.74) is 0. The van der Waals surface area contributed by atoms with Crippen molar-refractivity contribution in [3.63, 3.8) is 0 Å². The van der Waals surface area contributed by atoms with Crippen LogP contribution in [-0.2, 0) is 14.3 Å². The largest absolute Gasteiger partial charge is 0.466 e. The van der Waals surface area contributed by atoms with E-state index in [1.165, 1.54) is 6.08 Å². The summed E-state index contributed by atoms with van der Waals surface area (Å²) < 4.78 is 4.69. The molecule has 0 aromatic rings. The van der Waals surface area contributed by atoms with E-state index in [1.807, 2.05) is 0 Å². The van der Waals surface area contributed by atoms with E-state index in [2.05, 4.69) is 4.99 Å². The van der Waals surface area contributed by atoms with Crippen molar-refractivity contribution in [3.05, 3.63) is 0 Å². The average molecular weight is 171 g/mol. The predicted molar refractivity (Wildman–Crippen MR) is 43.5 cm³/mol. The number of nitrogens with zero attached hydrogens (tertiary/aromatic N) is 1. The summed E-state index contributed by atoms with van der Waals surface area (Å²) in [5, 5.41) is 0. The molecule has 12 heavy (non-hydrogen) atoms. The molecule has 0 fully saturated rings. The van der Waals surface area contributed by atoms with Crippen LogP contribution in [0.15, 0.2) is 4.99 Å². The summed E-state index contributed by atoms with van der Waals surface area (Å²) in [5.74, 6) is -0.245. The van der Waals surface area contributed by atoms with E-state index in [9.17, 15) is 9.59 Å². The Hall–Kier alpha value is -1.15. The smallest absolute Gasteiger partial charge is 0.305 e. The lowest BCUT2D eigenvalue weighted by Gasteiger charge is -2.02. The van der Waals surface area contributed by atoms with Crippen LogP contribution in [0.5, 0.6) is 0 Å². The Bertz CT molecular complexity index is 185. The molecule has 0 aliphatic heterocycles. The molecule has 0 N–H and O–H groups in total. The summed E-state index contributed by atoms with van der Waals surface area (Å²) in [6, 6.07) is -0.146. The Labute approximate surface area is 71.6 Å². The lowest BCUT2D eigenvalue weighted by atomic mass is 10.2. The van der Waals surface area contributed by atoms with Crippen molar-refractivity contribution < 1.29 is 14.3 Å². The average Bonchev–Trinajstić information content (AvgIpc) is 2.02. The molecule has 0 aliphatic rings. The van der Waals surface area contributed by atoms with Crippen LogP contribution in [0.4, 0.5) is 0 Å². The van der Waals surface area contributed by atoms with Crippen molar-refractivity contribution in [1.29, 1.82) is 0 Å². The standard InChI is InChI=1S/C8H13NO3/c1-3-12-8(11)5-4-7(2)9-6-10/h7H,3-5H2,1-2H3. The van der Waals surface area contributed by atoms with Gasteiger partial charge in [0.1, 0.15) is 0 Å². The molecule has 4 nitrogen and oxygen atoms in total. The fourth-order valence-electron chi connectivity index (χ4n) is 0.714. The van der Waals surface area contributed by atoms with Crippen LogP contribution in [0.2, 0.25) is 0 Å². The molecule has 0 saturated carbocycles. The van der Waals surface area contributed by atoms with E-state index in [4.69, 9.17) is 4.74 Å². The number of esters is 1. The summed E-state index contributed by atoms with van der Waals surface area (Å²) >= 11 is 0. The zero-order chi connectivity index (χ0) is 9.40. The molecule has 0 heterocycles. The van der Waals surface area contributed by atoms with E-state index in [0.29, 0.717) is 19.4 Å². The van der Waals surface area contributed by atoms with Crippen LogP contribution in [-0.4, -0.2) is 24.7 Å². The molecule has 1 atom stereocenters. The van der Waals surface area contributed by atoms with Gasteiger partial charge in [0.15, 0.2) is 0 Å². The maximum atomic E-state index is 10.8.